The van der Waals surface area contributed by atoms with Gasteiger partial charge in [0.15, 0.2) is 0 Å². The molecule has 0 aliphatic carbocycles. The lowest BCUT2D eigenvalue weighted by Crippen LogP contribution is -2.53. The van der Waals surface area contributed by atoms with Gasteiger partial charge < -0.3 is 15.0 Å². The fourth-order valence-electron chi connectivity index (χ4n) is 5.62. The van der Waals surface area contributed by atoms with E-state index in [9.17, 15) is 4.79 Å². The Morgan fingerprint density at radius 2 is 1.69 bits per heavy atom. The molecule has 0 fully saturated rings. The standard InChI is InChI=1S/C30H24N4O2/c1-36-21-15-16-26-23(19-21)30(29(35)33(26)18-17-20-9-3-2-4-10-20)32-24-12-6-5-11-22(24)28-31-25-13-7-8-14-27(25)34(28)30/h2-16,19,32H,17-18H2,1H3. The number of para-hydroxylation sites is 3. The third kappa shape index (κ3) is 2.78. The highest BCUT2D eigenvalue weighted by molar-refractivity contribution is 6.12. The first-order chi connectivity index (χ1) is 17.7. The number of amides is 1. The lowest BCUT2D eigenvalue weighted by molar-refractivity contribution is -0.123. The molecule has 0 bridgehead atoms. The number of nitrogens with zero attached hydrogens (tertiary/aromatic N) is 3. The molecule has 176 valence electrons. The molecule has 4 aromatic carbocycles. The molecule has 6 heteroatoms. The molecule has 3 heterocycles. The van der Waals surface area contributed by atoms with Gasteiger partial charge in [-0.15, -0.1) is 0 Å². The number of hydrogen-bond donors (Lipinski definition) is 1. The Labute approximate surface area is 208 Å². The molecular weight excluding hydrogens is 448 g/mol. The first-order valence-electron chi connectivity index (χ1n) is 12.1. The first-order valence-corrected chi connectivity index (χ1v) is 12.1. The highest BCUT2D eigenvalue weighted by atomic mass is 16.5. The summed E-state index contributed by atoms with van der Waals surface area (Å²) in [6, 6.07) is 32.2. The Kier molecular flexibility index (Phi) is 4.45. The van der Waals surface area contributed by atoms with E-state index in [1.54, 1.807) is 7.11 Å². The summed E-state index contributed by atoms with van der Waals surface area (Å²) in [5.74, 6) is 1.45. The van der Waals surface area contributed by atoms with Crippen LogP contribution >= 0.6 is 0 Å². The van der Waals surface area contributed by atoms with E-state index in [1.165, 1.54) is 5.56 Å². The van der Waals surface area contributed by atoms with Crippen molar-refractivity contribution >= 4 is 28.3 Å². The smallest absolute Gasteiger partial charge is 0.279 e. The predicted molar refractivity (Wildman–Crippen MR) is 141 cm³/mol. The highest BCUT2D eigenvalue weighted by Gasteiger charge is 2.56. The van der Waals surface area contributed by atoms with Crippen molar-refractivity contribution in [1.82, 2.24) is 9.55 Å². The normalized spacial score (nSPS) is 17.6. The molecule has 1 atom stereocenters. The average Bonchev–Trinajstić information content (AvgIpc) is 3.43. The van der Waals surface area contributed by atoms with Gasteiger partial charge in [0.2, 0.25) is 5.66 Å². The fraction of sp³-hybridized carbons (Fsp3) is 0.133. The lowest BCUT2D eigenvalue weighted by Gasteiger charge is -2.38. The van der Waals surface area contributed by atoms with Gasteiger partial charge in [0.1, 0.15) is 11.6 Å². The van der Waals surface area contributed by atoms with Gasteiger partial charge in [-0.3, -0.25) is 9.36 Å². The molecular formula is C30H24N4O2. The fourth-order valence-corrected chi connectivity index (χ4v) is 5.62. The summed E-state index contributed by atoms with van der Waals surface area (Å²) in [6.45, 7) is 0.565. The molecule has 2 aliphatic heterocycles. The maximum Gasteiger partial charge on any atom is 0.279 e. The molecule has 6 nitrogen and oxygen atoms in total. The van der Waals surface area contributed by atoms with Crippen molar-refractivity contribution in [1.29, 1.82) is 0 Å². The van der Waals surface area contributed by atoms with E-state index in [2.05, 4.69) is 22.0 Å². The van der Waals surface area contributed by atoms with Gasteiger partial charge in [0, 0.05) is 23.4 Å². The van der Waals surface area contributed by atoms with Crippen LogP contribution in [0.2, 0.25) is 0 Å². The minimum absolute atomic E-state index is 0.0272. The Balaban J connectivity index is 1.48. The third-order valence-corrected chi connectivity index (χ3v) is 7.29. The lowest BCUT2D eigenvalue weighted by atomic mass is 9.95. The van der Waals surface area contributed by atoms with Crippen LogP contribution in [0.1, 0.15) is 11.1 Å². The van der Waals surface area contributed by atoms with Crippen molar-refractivity contribution in [2.45, 2.75) is 12.1 Å². The van der Waals surface area contributed by atoms with Gasteiger partial charge in [0.25, 0.3) is 5.91 Å². The van der Waals surface area contributed by atoms with E-state index < -0.39 is 5.66 Å². The SMILES string of the molecule is COc1ccc2c(c1)C1(Nc3ccccc3-c3nc4ccccc4n31)C(=O)N2CCc1ccccc1. The van der Waals surface area contributed by atoms with Gasteiger partial charge >= 0.3 is 0 Å². The van der Waals surface area contributed by atoms with E-state index in [1.807, 2.05) is 89.8 Å². The van der Waals surface area contributed by atoms with E-state index >= 15 is 0 Å². The Morgan fingerprint density at radius 1 is 0.917 bits per heavy atom. The number of nitrogens with one attached hydrogen (secondary N) is 1. The largest absolute Gasteiger partial charge is 0.497 e. The van der Waals surface area contributed by atoms with Gasteiger partial charge in [0.05, 0.1) is 23.8 Å². The molecule has 7 rings (SSSR count). The molecule has 5 aromatic rings. The van der Waals surface area contributed by atoms with Gasteiger partial charge in [-0.25, -0.2) is 4.98 Å². The number of carbonyl (C=O) groups excluding carboxylic acids is 1. The van der Waals surface area contributed by atoms with E-state index in [4.69, 9.17) is 9.72 Å². The molecule has 1 unspecified atom stereocenters. The van der Waals surface area contributed by atoms with Crippen LogP contribution in [0, 0.1) is 0 Å². The quantitative estimate of drug-likeness (QED) is 0.379. The van der Waals surface area contributed by atoms with Crippen LogP contribution in [-0.4, -0.2) is 29.1 Å². The maximum absolute atomic E-state index is 14.6. The second-order valence-electron chi connectivity index (χ2n) is 9.22. The molecule has 0 saturated carbocycles. The van der Waals surface area contributed by atoms with Crippen LogP contribution in [0.25, 0.3) is 22.4 Å². The number of ether oxygens (including phenoxy) is 1. The average molecular weight is 473 g/mol. The zero-order valence-electron chi connectivity index (χ0n) is 19.8. The number of fused-ring (bicyclic) bond motifs is 8. The second-order valence-corrected chi connectivity index (χ2v) is 9.22. The van der Waals surface area contributed by atoms with Crippen LogP contribution in [-0.2, 0) is 16.9 Å². The minimum Gasteiger partial charge on any atom is -0.497 e. The molecule has 1 spiro atoms. The Morgan fingerprint density at radius 3 is 2.56 bits per heavy atom. The van der Waals surface area contributed by atoms with E-state index in [-0.39, 0.29) is 5.91 Å². The summed E-state index contributed by atoms with van der Waals surface area (Å²) in [7, 11) is 1.65. The second kappa shape index (κ2) is 7.71. The van der Waals surface area contributed by atoms with Crippen molar-refractivity contribution < 1.29 is 9.53 Å². The van der Waals surface area contributed by atoms with Crippen molar-refractivity contribution in [3.05, 3.63) is 108 Å². The third-order valence-electron chi connectivity index (χ3n) is 7.29. The zero-order valence-corrected chi connectivity index (χ0v) is 19.8. The van der Waals surface area contributed by atoms with Crippen LogP contribution in [0.4, 0.5) is 11.4 Å². The molecule has 1 N–H and O–H groups in total. The number of hydrogen-bond acceptors (Lipinski definition) is 4. The Bertz CT molecular complexity index is 1640. The van der Waals surface area contributed by atoms with Crippen molar-refractivity contribution in [2.75, 3.05) is 23.9 Å². The highest BCUT2D eigenvalue weighted by Crippen LogP contribution is 2.51. The number of methoxy groups -OCH3 is 1. The van der Waals surface area contributed by atoms with Gasteiger partial charge in [-0.1, -0.05) is 54.6 Å². The van der Waals surface area contributed by atoms with Crippen LogP contribution < -0.4 is 15.0 Å². The molecule has 1 aromatic heterocycles. The maximum atomic E-state index is 14.6. The Hall–Kier alpha value is -4.58. The van der Waals surface area contributed by atoms with E-state index in [0.717, 1.165) is 45.8 Å². The number of carbonyl (C=O) groups is 1. The summed E-state index contributed by atoms with van der Waals surface area (Å²) in [4.78, 5) is 21.6. The molecule has 0 saturated heterocycles. The summed E-state index contributed by atoms with van der Waals surface area (Å²) >= 11 is 0. The number of imidazole rings is 1. The summed E-state index contributed by atoms with van der Waals surface area (Å²) in [5.41, 5.74) is 5.36. The summed E-state index contributed by atoms with van der Waals surface area (Å²) < 4.78 is 7.69. The number of benzene rings is 4. The van der Waals surface area contributed by atoms with Crippen LogP contribution in [0.15, 0.2) is 97.1 Å². The number of rotatable bonds is 4. The minimum atomic E-state index is -1.18. The van der Waals surface area contributed by atoms with Crippen molar-refractivity contribution in [2.24, 2.45) is 0 Å². The first kappa shape index (κ1) is 20.8. The molecule has 1 amide bonds. The van der Waals surface area contributed by atoms with E-state index in [0.29, 0.717) is 12.3 Å². The predicted octanol–water partition coefficient (Wildman–Crippen LogP) is 5.43. The monoisotopic (exact) mass is 472 g/mol. The topological polar surface area (TPSA) is 59.4 Å². The van der Waals surface area contributed by atoms with Crippen LogP contribution in [0.5, 0.6) is 5.75 Å². The summed E-state index contributed by atoms with van der Waals surface area (Å²) in [6.07, 6.45) is 0.752. The van der Waals surface area contributed by atoms with Crippen molar-refractivity contribution in [3.8, 4) is 17.1 Å². The van der Waals surface area contributed by atoms with Crippen molar-refractivity contribution in [3.63, 3.8) is 0 Å². The molecule has 36 heavy (non-hydrogen) atoms. The molecule has 2 aliphatic rings. The number of anilines is 2. The zero-order chi connectivity index (χ0) is 24.3. The summed E-state index contributed by atoms with van der Waals surface area (Å²) in [5, 5.41) is 3.67. The number of aromatic nitrogens is 2. The molecule has 0 radical (unpaired) electrons. The van der Waals surface area contributed by atoms with Crippen LogP contribution in [0.3, 0.4) is 0 Å². The van der Waals surface area contributed by atoms with Gasteiger partial charge in [-0.2, -0.15) is 0 Å². The van der Waals surface area contributed by atoms with Gasteiger partial charge in [-0.05, 0) is 54.4 Å².